The molecule has 1 rings (SSSR count). The first-order chi connectivity index (χ1) is 8.91. The van der Waals surface area contributed by atoms with E-state index in [2.05, 4.69) is 46.8 Å². The zero-order valence-corrected chi connectivity index (χ0v) is 13.4. The molecule has 1 unspecified atom stereocenters. The molecule has 1 nitrogen and oxygen atoms in total. The van der Waals surface area contributed by atoms with Gasteiger partial charge in [0.15, 0.2) is 0 Å². The van der Waals surface area contributed by atoms with Gasteiger partial charge in [0.05, 0.1) is 0 Å². The molecule has 1 atom stereocenters. The first kappa shape index (κ1) is 16.2. The SMILES string of the molecule is CCC(C)C(=O)C1(C/C=C(\C)CCC=C(C)C)CC1. The number of hydrogen-bond acceptors (Lipinski definition) is 1. The lowest BCUT2D eigenvalue weighted by Gasteiger charge is -2.16. The molecule has 0 amide bonds. The Morgan fingerprint density at radius 2 is 1.84 bits per heavy atom. The maximum Gasteiger partial charge on any atom is 0.142 e. The molecule has 0 aromatic heterocycles. The molecule has 0 bridgehead atoms. The molecule has 1 heteroatoms. The molecule has 0 aromatic rings. The number of Topliss-reactive ketones (excluding diaryl/α,β-unsaturated/α-hetero) is 1. The Labute approximate surface area is 119 Å². The minimum atomic E-state index is 0.0210. The van der Waals surface area contributed by atoms with Crippen molar-refractivity contribution in [2.75, 3.05) is 0 Å². The Hall–Kier alpha value is -0.850. The van der Waals surface area contributed by atoms with Gasteiger partial charge < -0.3 is 0 Å². The van der Waals surface area contributed by atoms with E-state index >= 15 is 0 Å². The molecule has 0 N–H and O–H groups in total. The second kappa shape index (κ2) is 7.07. The maximum absolute atomic E-state index is 12.3. The number of ketones is 1. The van der Waals surface area contributed by atoms with Crippen LogP contribution in [0.15, 0.2) is 23.3 Å². The van der Waals surface area contributed by atoms with Crippen LogP contribution >= 0.6 is 0 Å². The van der Waals surface area contributed by atoms with Crippen molar-refractivity contribution in [1.29, 1.82) is 0 Å². The molecule has 1 fully saturated rings. The predicted molar refractivity (Wildman–Crippen MR) is 83.2 cm³/mol. The van der Waals surface area contributed by atoms with Crippen LogP contribution in [0, 0.1) is 11.3 Å². The highest BCUT2D eigenvalue weighted by atomic mass is 16.1. The summed E-state index contributed by atoms with van der Waals surface area (Å²) in [5.41, 5.74) is 2.84. The number of allylic oxidation sites excluding steroid dienone is 4. The van der Waals surface area contributed by atoms with Gasteiger partial charge in [0, 0.05) is 11.3 Å². The Morgan fingerprint density at radius 3 is 2.32 bits per heavy atom. The van der Waals surface area contributed by atoms with E-state index in [4.69, 9.17) is 0 Å². The van der Waals surface area contributed by atoms with Crippen molar-refractivity contribution >= 4 is 5.78 Å². The smallest absolute Gasteiger partial charge is 0.142 e. The van der Waals surface area contributed by atoms with Crippen molar-refractivity contribution in [2.24, 2.45) is 11.3 Å². The quantitative estimate of drug-likeness (QED) is 0.530. The fourth-order valence-electron chi connectivity index (χ4n) is 2.47. The van der Waals surface area contributed by atoms with E-state index in [-0.39, 0.29) is 11.3 Å². The summed E-state index contributed by atoms with van der Waals surface area (Å²) >= 11 is 0. The highest BCUT2D eigenvalue weighted by Gasteiger charge is 2.49. The van der Waals surface area contributed by atoms with E-state index in [1.165, 1.54) is 11.1 Å². The maximum atomic E-state index is 12.3. The zero-order chi connectivity index (χ0) is 14.5. The molecule has 0 radical (unpaired) electrons. The summed E-state index contributed by atoms with van der Waals surface area (Å²) in [5.74, 6) is 0.741. The molecule has 19 heavy (non-hydrogen) atoms. The van der Waals surface area contributed by atoms with Crippen LogP contribution in [-0.2, 0) is 4.79 Å². The lowest BCUT2D eigenvalue weighted by Crippen LogP contribution is -2.22. The third-order valence-corrected chi connectivity index (χ3v) is 4.37. The largest absolute Gasteiger partial charge is 0.299 e. The van der Waals surface area contributed by atoms with Crippen LogP contribution in [0.25, 0.3) is 0 Å². The number of hydrogen-bond donors (Lipinski definition) is 0. The topological polar surface area (TPSA) is 17.1 Å². The van der Waals surface area contributed by atoms with E-state index in [9.17, 15) is 4.79 Å². The molecule has 0 aliphatic heterocycles. The summed E-state index contributed by atoms with van der Waals surface area (Å²) in [5, 5.41) is 0. The second-order valence-corrected chi connectivity index (χ2v) is 6.53. The van der Waals surface area contributed by atoms with Gasteiger partial charge in [0.2, 0.25) is 0 Å². The summed E-state index contributed by atoms with van der Waals surface area (Å²) in [6.07, 6.45) is 11.0. The van der Waals surface area contributed by atoms with Gasteiger partial charge in [0.1, 0.15) is 5.78 Å². The lowest BCUT2D eigenvalue weighted by molar-refractivity contribution is -0.127. The van der Waals surface area contributed by atoms with Crippen LogP contribution in [0.3, 0.4) is 0 Å². The summed E-state index contributed by atoms with van der Waals surface area (Å²) in [6, 6.07) is 0. The summed E-state index contributed by atoms with van der Waals surface area (Å²) < 4.78 is 0. The Bertz CT molecular complexity index is 365. The van der Waals surface area contributed by atoms with Gasteiger partial charge in [-0.15, -0.1) is 0 Å². The van der Waals surface area contributed by atoms with Crippen molar-refractivity contribution in [3.63, 3.8) is 0 Å². The summed E-state index contributed by atoms with van der Waals surface area (Å²) in [6.45, 7) is 10.7. The number of rotatable bonds is 8. The van der Waals surface area contributed by atoms with E-state index in [1.807, 2.05) is 0 Å². The number of carbonyl (C=O) groups excluding carboxylic acids is 1. The minimum absolute atomic E-state index is 0.0210. The summed E-state index contributed by atoms with van der Waals surface area (Å²) in [4.78, 5) is 12.3. The molecular formula is C18H30O. The van der Waals surface area contributed by atoms with E-state index < -0.39 is 0 Å². The normalized spacial score (nSPS) is 18.9. The third kappa shape index (κ3) is 4.97. The molecule has 0 aromatic carbocycles. The average molecular weight is 262 g/mol. The zero-order valence-electron chi connectivity index (χ0n) is 13.4. The predicted octanol–water partition coefficient (Wildman–Crippen LogP) is 5.46. The average Bonchev–Trinajstić information content (AvgIpc) is 3.15. The van der Waals surface area contributed by atoms with Crippen LogP contribution in [0.4, 0.5) is 0 Å². The first-order valence-corrected chi connectivity index (χ1v) is 7.74. The standard InChI is InChI=1S/C18H30O/c1-6-16(5)17(19)18(12-13-18)11-10-15(4)9-7-8-14(2)3/h8,10,16H,6-7,9,11-13H2,1-5H3/b15-10+. The third-order valence-electron chi connectivity index (χ3n) is 4.37. The van der Waals surface area contributed by atoms with Gasteiger partial charge in [-0.3, -0.25) is 4.79 Å². The molecule has 1 aliphatic carbocycles. The van der Waals surface area contributed by atoms with E-state index in [0.717, 1.165) is 38.5 Å². The molecule has 1 aliphatic rings. The highest BCUT2D eigenvalue weighted by Crippen LogP contribution is 2.52. The van der Waals surface area contributed by atoms with Crippen molar-refractivity contribution < 1.29 is 4.79 Å². The number of carbonyl (C=O) groups is 1. The van der Waals surface area contributed by atoms with Crippen molar-refractivity contribution in [3.05, 3.63) is 23.3 Å². The van der Waals surface area contributed by atoms with Crippen LogP contribution in [0.5, 0.6) is 0 Å². The fourth-order valence-corrected chi connectivity index (χ4v) is 2.47. The van der Waals surface area contributed by atoms with Crippen molar-refractivity contribution in [3.8, 4) is 0 Å². The molecule has 0 heterocycles. The Balaban J connectivity index is 2.46. The van der Waals surface area contributed by atoms with Crippen LogP contribution < -0.4 is 0 Å². The minimum Gasteiger partial charge on any atom is -0.299 e. The fraction of sp³-hybridized carbons (Fsp3) is 0.722. The van der Waals surface area contributed by atoms with Gasteiger partial charge in [0.25, 0.3) is 0 Å². The molecule has 108 valence electrons. The van der Waals surface area contributed by atoms with E-state index in [1.54, 1.807) is 0 Å². The Kier molecular flexibility index (Phi) is 6.03. The van der Waals surface area contributed by atoms with Crippen LogP contribution in [0.2, 0.25) is 0 Å². The van der Waals surface area contributed by atoms with Gasteiger partial charge in [-0.1, -0.05) is 37.1 Å². The lowest BCUT2D eigenvalue weighted by atomic mass is 9.86. The van der Waals surface area contributed by atoms with Gasteiger partial charge in [-0.05, 0) is 59.3 Å². The van der Waals surface area contributed by atoms with Crippen LogP contribution in [0.1, 0.15) is 73.1 Å². The highest BCUT2D eigenvalue weighted by molar-refractivity contribution is 5.89. The molecule has 0 spiro atoms. The van der Waals surface area contributed by atoms with Gasteiger partial charge in [-0.2, -0.15) is 0 Å². The van der Waals surface area contributed by atoms with Gasteiger partial charge in [-0.25, -0.2) is 0 Å². The van der Waals surface area contributed by atoms with Crippen molar-refractivity contribution in [1.82, 2.24) is 0 Å². The molecule has 1 saturated carbocycles. The van der Waals surface area contributed by atoms with Gasteiger partial charge >= 0.3 is 0 Å². The van der Waals surface area contributed by atoms with E-state index in [0.29, 0.717) is 5.78 Å². The molecule has 0 saturated heterocycles. The molecular weight excluding hydrogens is 232 g/mol. The second-order valence-electron chi connectivity index (χ2n) is 6.53. The van der Waals surface area contributed by atoms with Crippen molar-refractivity contribution in [2.45, 2.75) is 73.1 Å². The summed E-state index contributed by atoms with van der Waals surface area (Å²) in [7, 11) is 0. The Morgan fingerprint density at radius 1 is 1.21 bits per heavy atom. The van der Waals surface area contributed by atoms with Crippen LogP contribution in [-0.4, -0.2) is 5.78 Å². The first-order valence-electron chi connectivity index (χ1n) is 7.74. The monoisotopic (exact) mass is 262 g/mol.